The molecule has 4 nitrogen and oxygen atoms in total. The maximum atomic E-state index is 11.7. The third-order valence-electron chi connectivity index (χ3n) is 4.02. The van der Waals surface area contributed by atoms with Gasteiger partial charge in [-0.2, -0.15) is 0 Å². The van der Waals surface area contributed by atoms with Gasteiger partial charge >= 0.3 is 0 Å². The van der Waals surface area contributed by atoms with E-state index >= 15 is 0 Å². The Hall–Kier alpha value is -0.810. The lowest BCUT2D eigenvalue weighted by atomic mass is 10.1. The molecule has 0 aliphatic carbocycles. The molecule has 0 N–H and O–H groups in total. The standard InChI is InChI=1S/C16H23Cl2N3O/c1-19(2)16(22)12-21-9-7-20(8-10-21)6-5-13-3-4-14(17)15(18)11-13/h3-4,11H,5-10,12H2,1-2H3. The second-order valence-corrected chi connectivity index (χ2v) is 6.72. The molecule has 0 atom stereocenters. The van der Waals surface area contributed by atoms with Crippen LogP contribution in [0.2, 0.25) is 10.0 Å². The van der Waals surface area contributed by atoms with Crippen LogP contribution in [0.1, 0.15) is 5.56 Å². The number of hydrogen-bond donors (Lipinski definition) is 0. The van der Waals surface area contributed by atoms with E-state index in [1.54, 1.807) is 19.0 Å². The number of hydrogen-bond acceptors (Lipinski definition) is 3. The third kappa shape index (κ3) is 5.13. The van der Waals surface area contributed by atoms with E-state index < -0.39 is 0 Å². The SMILES string of the molecule is CN(C)C(=O)CN1CCN(CCc2ccc(Cl)c(Cl)c2)CC1. The Labute approximate surface area is 142 Å². The topological polar surface area (TPSA) is 26.8 Å². The van der Waals surface area contributed by atoms with Crippen LogP contribution in [0, 0.1) is 0 Å². The van der Waals surface area contributed by atoms with Crippen molar-refractivity contribution in [2.24, 2.45) is 0 Å². The van der Waals surface area contributed by atoms with Gasteiger partial charge in [-0.15, -0.1) is 0 Å². The minimum atomic E-state index is 0.171. The molecular formula is C16H23Cl2N3O. The van der Waals surface area contributed by atoms with Crippen molar-refractivity contribution in [3.63, 3.8) is 0 Å². The van der Waals surface area contributed by atoms with Gasteiger partial charge in [0.2, 0.25) is 5.91 Å². The minimum absolute atomic E-state index is 0.171. The summed E-state index contributed by atoms with van der Waals surface area (Å²) in [6.07, 6.45) is 0.966. The minimum Gasteiger partial charge on any atom is -0.348 e. The first kappa shape index (κ1) is 17.5. The monoisotopic (exact) mass is 343 g/mol. The van der Waals surface area contributed by atoms with Crippen molar-refractivity contribution in [3.8, 4) is 0 Å². The van der Waals surface area contributed by atoms with Crippen molar-refractivity contribution in [2.75, 3.05) is 53.4 Å². The van der Waals surface area contributed by atoms with Crippen LogP contribution in [0.3, 0.4) is 0 Å². The Morgan fingerprint density at radius 3 is 2.32 bits per heavy atom. The highest BCUT2D eigenvalue weighted by molar-refractivity contribution is 6.42. The van der Waals surface area contributed by atoms with E-state index in [2.05, 4.69) is 9.80 Å². The van der Waals surface area contributed by atoms with Crippen LogP contribution in [0.4, 0.5) is 0 Å². The highest BCUT2D eigenvalue weighted by atomic mass is 35.5. The first-order valence-corrected chi connectivity index (χ1v) is 8.30. The van der Waals surface area contributed by atoms with Gasteiger partial charge in [-0.25, -0.2) is 0 Å². The van der Waals surface area contributed by atoms with Crippen molar-refractivity contribution in [2.45, 2.75) is 6.42 Å². The summed E-state index contributed by atoms with van der Waals surface area (Å²) in [5.74, 6) is 0.171. The first-order valence-electron chi connectivity index (χ1n) is 7.54. The van der Waals surface area contributed by atoms with Gasteiger partial charge in [0, 0.05) is 46.8 Å². The molecule has 1 saturated heterocycles. The summed E-state index contributed by atoms with van der Waals surface area (Å²) >= 11 is 12.0. The van der Waals surface area contributed by atoms with E-state index in [0.29, 0.717) is 16.6 Å². The predicted octanol–water partition coefficient (Wildman–Crippen LogP) is 2.24. The van der Waals surface area contributed by atoms with Crippen molar-refractivity contribution >= 4 is 29.1 Å². The zero-order valence-corrected chi connectivity index (χ0v) is 14.7. The number of nitrogens with zero attached hydrogens (tertiary/aromatic N) is 3. The van der Waals surface area contributed by atoms with E-state index in [4.69, 9.17) is 23.2 Å². The number of piperazine rings is 1. The molecule has 1 aliphatic rings. The van der Waals surface area contributed by atoms with Gasteiger partial charge in [-0.1, -0.05) is 29.3 Å². The molecule has 1 fully saturated rings. The number of likely N-dealkylation sites (N-methyl/N-ethyl adjacent to an activating group) is 1. The molecule has 1 aromatic carbocycles. The zero-order valence-electron chi connectivity index (χ0n) is 13.2. The molecule has 2 rings (SSSR count). The van der Waals surface area contributed by atoms with Crippen LogP contribution in [0.5, 0.6) is 0 Å². The molecule has 6 heteroatoms. The Bertz CT molecular complexity index is 514. The summed E-state index contributed by atoms with van der Waals surface area (Å²) < 4.78 is 0. The fraction of sp³-hybridized carbons (Fsp3) is 0.562. The first-order chi connectivity index (χ1) is 10.5. The fourth-order valence-electron chi connectivity index (χ4n) is 2.49. The Morgan fingerprint density at radius 1 is 1.09 bits per heavy atom. The largest absolute Gasteiger partial charge is 0.348 e. The molecule has 0 radical (unpaired) electrons. The quantitative estimate of drug-likeness (QED) is 0.820. The number of carbonyl (C=O) groups is 1. The second-order valence-electron chi connectivity index (χ2n) is 5.90. The van der Waals surface area contributed by atoms with Crippen molar-refractivity contribution in [3.05, 3.63) is 33.8 Å². The number of carbonyl (C=O) groups excluding carboxylic acids is 1. The van der Waals surface area contributed by atoms with Gasteiger partial charge in [-0.3, -0.25) is 9.69 Å². The van der Waals surface area contributed by atoms with Crippen LogP contribution in [0.15, 0.2) is 18.2 Å². The molecule has 22 heavy (non-hydrogen) atoms. The molecule has 0 aromatic heterocycles. The summed E-state index contributed by atoms with van der Waals surface area (Å²) in [4.78, 5) is 18.0. The number of amides is 1. The number of halogens is 2. The number of rotatable bonds is 5. The molecule has 1 aliphatic heterocycles. The molecule has 0 saturated carbocycles. The molecule has 122 valence electrons. The van der Waals surface area contributed by atoms with Gasteiger partial charge < -0.3 is 9.80 Å². The highest BCUT2D eigenvalue weighted by Gasteiger charge is 2.19. The van der Waals surface area contributed by atoms with Gasteiger partial charge in [0.1, 0.15) is 0 Å². The Morgan fingerprint density at radius 2 is 1.73 bits per heavy atom. The lowest BCUT2D eigenvalue weighted by Gasteiger charge is -2.34. The average Bonchev–Trinajstić information content (AvgIpc) is 2.49. The summed E-state index contributed by atoms with van der Waals surface area (Å²) in [5.41, 5.74) is 1.21. The smallest absolute Gasteiger partial charge is 0.236 e. The average molecular weight is 344 g/mol. The van der Waals surface area contributed by atoms with Crippen LogP contribution in [-0.4, -0.2) is 74.0 Å². The van der Waals surface area contributed by atoms with Crippen LogP contribution in [-0.2, 0) is 11.2 Å². The zero-order chi connectivity index (χ0) is 16.1. The van der Waals surface area contributed by atoms with Crippen molar-refractivity contribution in [1.29, 1.82) is 0 Å². The fourth-order valence-corrected chi connectivity index (χ4v) is 2.81. The van der Waals surface area contributed by atoms with E-state index in [9.17, 15) is 4.79 Å². The molecule has 1 aromatic rings. The predicted molar refractivity (Wildman–Crippen MR) is 91.7 cm³/mol. The molecule has 0 spiro atoms. The summed E-state index contributed by atoms with van der Waals surface area (Å²) in [6.45, 7) is 5.42. The van der Waals surface area contributed by atoms with E-state index in [0.717, 1.165) is 39.1 Å². The molecule has 0 unspecified atom stereocenters. The van der Waals surface area contributed by atoms with E-state index in [1.807, 2.05) is 18.2 Å². The Balaban J connectivity index is 1.73. The lowest BCUT2D eigenvalue weighted by molar-refractivity contribution is -0.130. The summed E-state index contributed by atoms with van der Waals surface area (Å²) in [6, 6.07) is 5.82. The Kier molecular flexibility index (Phi) is 6.50. The second kappa shape index (κ2) is 8.16. The molecule has 1 amide bonds. The molecular weight excluding hydrogens is 321 g/mol. The van der Waals surface area contributed by atoms with Gasteiger partial charge in [0.25, 0.3) is 0 Å². The van der Waals surface area contributed by atoms with Crippen LogP contribution in [0.25, 0.3) is 0 Å². The maximum absolute atomic E-state index is 11.7. The molecule has 0 bridgehead atoms. The summed E-state index contributed by atoms with van der Waals surface area (Å²) in [7, 11) is 3.60. The van der Waals surface area contributed by atoms with Crippen molar-refractivity contribution < 1.29 is 4.79 Å². The van der Waals surface area contributed by atoms with E-state index in [1.165, 1.54) is 5.56 Å². The highest BCUT2D eigenvalue weighted by Crippen LogP contribution is 2.22. The van der Waals surface area contributed by atoms with Gasteiger partial charge in [0.05, 0.1) is 16.6 Å². The van der Waals surface area contributed by atoms with Crippen LogP contribution >= 0.6 is 23.2 Å². The third-order valence-corrected chi connectivity index (χ3v) is 4.76. The van der Waals surface area contributed by atoms with E-state index in [-0.39, 0.29) is 5.91 Å². The normalized spacial score (nSPS) is 16.7. The lowest BCUT2D eigenvalue weighted by Crippen LogP contribution is -2.49. The number of benzene rings is 1. The van der Waals surface area contributed by atoms with Crippen molar-refractivity contribution in [1.82, 2.24) is 14.7 Å². The van der Waals surface area contributed by atoms with Crippen LogP contribution < -0.4 is 0 Å². The molecule has 1 heterocycles. The van der Waals surface area contributed by atoms with Gasteiger partial charge in [-0.05, 0) is 24.1 Å². The summed E-state index contributed by atoms with van der Waals surface area (Å²) in [5, 5.41) is 1.22. The van der Waals surface area contributed by atoms with Gasteiger partial charge in [0.15, 0.2) is 0 Å². The maximum Gasteiger partial charge on any atom is 0.236 e.